The molecule has 0 rings (SSSR count). The highest BCUT2D eigenvalue weighted by Crippen LogP contribution is 2.45. The molecule has 0 saturated carbocycles. The van der Waals surface area contributed by atoms with Gasteiger partial charge in [-0.1, -0.05) is 357 Å². The highest BCUT2D eigenvalue weighted by molar-refractivity contribution is 7.47. The van der Waals surface area contributed by atoms with Crippen LogP contribution < -0.4 is 0 Å². The number of aliphatic hydroxyl groups is 1. The molecular formula is C80H156O17P2. The van der Waals surface area contributed by atoms with Gasteiger partial charge in [-0.25, -0.2) is 9.13 Å². The first kappa shape index (κ1) is 97.1. The minimum absolute atomic E-state index is 0.106. The first-order chi connectivity index (χ1) is 47.7. The van der Waals surface area contributed by atoms with Crippen LogP contribution in [0.15, 0.2) is 0 Å². The predicted octanol–water partition coefficient (Wildman–Crippen LogP) is 23.6. The van der Waals surface area contributed by atoms with E-state index in [-0.39, 0.29) is 25.7 Å². The minimum Gasteiger partial charge on any atom is -0.462 e. The second-order valence-electron chi connectivity index (χ2n) is 30.2. The van der Waals surface area contributed by atoms with E-state index in [1.165, 1.54) is 205 Å². The zero-order valence-electron chi connectivity index (χ0n) is 65.1. The lowest BCUT2D eigenvalue weighted by molar-refractivity contribution is -0.161. The van der Waals surface area contributed by atoms with Crippen molar-refractivity contribution in [1.82, 2.24) is 0 Å². The summed E-state index contributed by atoms with van der Waals surface area (Å²) in [6, 6.07) is 0. The topological polar surface area (TPSA) is 237 Å². The number of hydrogen-bond acceptors (Lipinski definition) is 15. The largest absolute Gasteiger partial charge is 0.472 e. The average Bonchev–Trinajstić information content (AvgIpc) is 1.01. The number of hydrogen-bond donors (Lipinski definition) is 3. The summed E-state index contributed by atoms with van der Waals surface area (Å²) in [4.78, 5) is 72.9. The molecule has 0 amide bonds. The molecule has 0 bridgehead atoms. The van der Waals surface area contributed by atoms with Gasteiger partial charge >= 0.3 is 39.5 Å². The zero-order chi connectivity index (χ0) is 73.1. The summed E-state index contributed by atoms with van der Waals surface area (Å²) < 4.78 is 68.6. The fourth-order valence-corrected chi connectivity index (χ4v) is 13.8. The molecule has 19 heteroatoms. The van der Waals surface area contributed by atoms with Gasteiger partial charge in [-0.05, 0) is 49.4 Å². The summed E-state index contributed by atoms with van der Waals surface area (Å²) in [5.41, 5.74) is 0. The molecule has 588 valence electrons. The van der Waals surface area contributed by atoms with Crippen LogP contribution >= 0.6 is 15.6 Å². The molecule has 99 heavy (non-hydrogen) atoms. The standard InChI is InChI=1S/C80H156O17P2/c1-9-72(7)58-50-42-33-27-21-17-15-13-11-12-14-16-18-22-30-36-46-54-62-79(84)97-76(67-91-78(83)61-53-45-39-38-41-49-57-71(5)6)69-95-99(88,89)93-65-74(81)64-92-98(86,87)94-68-75(96-80(85)63-55-47-37-31-23-19-20-26-32-40-48-56-70(3)4)66-90-77(82)60-52-44-35-29-25-24-28-34-43-51-59-73(8)10-2/h70-76,81H,9-69H2,1-8H3,(H,86,87)(H,88,89)/t72?,73?,74-,75-,76-/m1/s1. The zero-order valence-corrected chi connectivity index (χ0v) is 66.9. The quantitative estimate of drug-likeness (QED) is 0.0222. The van der Waals surface area contributed by atoms with E-state index in [4.69, 9.17) is 37.0 Å². The van der Waals surface area contributed by atoms with E-state index in [0.29, 0.717) is 31.6 Å². The number of phosphoric ester groups is 2. The van der Waals surface area contributed by atoms with Crippen LogP contribution in [0.1, 0.15) is 409 Å². The van der Waals surface area contributed by atoms with Gasteiger partial charge in [0.15, 0.2) is 12.2 Å². The van der Waals surface area contributed by atoms with Gasteiger partial charge in [0.05, 0.1) is 26.4 Å². The number of carbonyl (C=O) groups excluding carboxylic acids is 4. The SMILES string of the molecule is CCC(C)CCCCCCCCCCCCCCCCCCCCC(=O)O[C@H](COC(=O)CCCCCCCCC(C)C)COP(=O)(O)OC[C@H](O)COP(=O)(O)OC[C@@H](COC(=O)CCCCCCCCCCCCC(C)CC)OC(=O)CCCCCCCCCCCCCC(C)C. The molecule has 0 heterocycles. The number of rotatable bonds is 77. The normalized spacial score (nSPS) is 14.6. The lowest BCUT2D eigenvalue weighted by Crippen LogP contribution is -2.30. The Balaban J connectivity index is 5.18. The van der Waals surface area contributed by atoms with E-state index in [9.17, 15) is 43.2 Å². The molecule has 0 aliphatic carbocycles. The van der Waals surface area contributed by atoms with Crippen LogP contribution in [-0.2, 0) is 65.4 Å². The molecule has 0 aromatic rings. The second kappa shape index (κ2) is 69.1. The third kappa shape index (κ3) is 71.5. The lowest BCUT2D eigenvalue weighted by Gasteiger charge is -2.21. The third-order valence-corrected chi connectivity index (χ3v) is 21.2. The fraction of sp³-hybridized carbons (Fsp3) is 0.950. The lowest BCUT2D eigenvalue weighted by atomic mass is 9.99. The Bertz CT molecular complexity index is 1940. The Morgan fingerprint density at radius 1 is 0.283 bits per heavy atom. The molecule has 0 radical (unpaired) electrons. The van der Waals surface area contributed by atoms with Crippen molar-refractivity contribution in [2.45, 2.75) is 427 Å². The molecule has 17 nitrogen and oxygen atoms in total. The first-order valence-electron chi connectivity index (χ1n) is 41.3. The highest BCUT2D eigenvalue weighted by Gasteiger charge is 2.30. The van der Waals surface area contributed by atoms with Gasteiger partial charge in [0.2, 0.25) is 0 Å². The molecule has 7 atom stereocenters. The number of aliphatic hydroxyl groups excluding tert-OH is 1. The van der Waals surface area contributed by atoms with Crippen molar-refractivity contribution in [3.63, 3.8) is 0 Å². The van der Waals surface area contributed by atoms with Gasteiger partial charge < -0.3 is 33.8 Å². The molecule has 0 fully saturated rings. The third-order valence-electron chi connectivity index (χ3n) is 19.3. The van der Waals surface area contributed by atoms with Crippen molar-refractivity contribution < 1.29 is 80.2 Å². The molecule has 3 N–H and O–H groups in total. The summed E-state index contributed by atoms with van der Waals surface area (Å²) >= 11 is 0. The fourth-order valence-electron chi connectivity index (χ4n) is 12.2. The first-order valence-corrected chi connectivity index (χ1v) is 44.3. The summed E-state index contributed by atoms with van der Waals surface area (Å²) in [5, 5.41) is 10.6. The summed E-state index contributed by atoms with van der Waals surface area (Å²) in [6.07, 6.45) is 55.6. The molecular weight excluding hydrogens is 1290 g/mol. The maximum absolute atomic E-state index is 13.1. The van der Waals surface area contributed by atoms with E-state index in [2.05, 4.69) is 55.4 Å². The van der Waals surface area contributed by atoms with Crippen LogP contribution in [0.25, 0.3) is 0 Å². The average molecular weight is 1450 g/mol. The van der Waals surface area contributed by atoms with Gasteiger partial charge in [-0.15, -0.1) is 0 Å². The van der Waals surface area contributed by atoms with E-state index in [1.54, 1.807) is 0 Å². The number of carbonyl (C=O) groups is 4. The monoisotopic (exact) mass is 1450 g/mol. The summed E-state index contributed by atoms with van der Waals surface area (Å²) in [5.74, 6) is 1.01. The Labute approximate surface area is 607 Å². The molecule has 0 aliphatic rings. The smallest absolute Gasteiger partial charge is 0.462 e. The van der Waals surface area contributed by atoms with Crippen molar-refractivity contribution in [2.75, 3.05) is 39.6 Å². The van der Waals surface area contributed by atoms with Gasteiger partial charge in [0.1, 0.15) is 19.3 Å². The second-order valence-corrected chi connectivity index (χ2v) is 33.1. The van der Waals surface area contributed by atoms with Gasteiger partial charge in [0, 0.05) is 25.7 Å². The Morgan fingerprint density at radius 2 is 0.485 bits per heavy atom. The summed E-state index contributed by atoms with van der Waals surface area (Å²) in [6.45, 7) is 14.2. The van der Waals surface area contributed by atoms with Crippen molar-refractivity contribution >= 4 is 39.5 Å². The van der Waals surface area contributed by atoms with Crippen LogP contribution in [0.3, 0.4) is 0 Å². The molecule has 4 unspecified atom stereocenters. The van der Waals surface area contributed by atoms with Gasteiger partial charge in [-0.3, -0.25) is 37.3 Å². The maximum atomic E-state index is 13.1. The predicted molar refractivity (Wildman–Crippen MR) is 404 cm³/mol. The Hall–Kier alpha value is -1.94. The van der Waals surface area contributed by atoms with E-state index < -0.39 is 97.5 Å². The molecule has 0 saturated heterocycles. The highest BCUT2D eigenvalue weighted by atomic mass is 31.2. The van der Waals surface area contributed by atoms with Crippen LogP contribution in [-0.4, -0.2) is 96.7 Å². The van der Waals surface area contributed by atoms with Crippen molar-refractivity contribution in [3.05, 3.63) is 0 Å². The van der Waals surface area contributed by atoms with Crippen molar-refractivity contribution in [3.8, 4) is 0 Å². The molecule has 0 spiro atoms. The van der Waals surface area contributed by atoms with Gasteiger partial charge in [0.25, 0.3) is 0 Å². The van der Waals surface area contributed by atoms with Crippen LogP contribution in [0.2, 0.25) is 0 Å². The van der Waals surface area contributed by atoms with Crippen LogP contribution in [0, 0.1) is 23.7 Å². The van der Waals surface area contributed by atoms with Crippen LogP contribution in [0.4, 0.5) is 0 Å². The van der Waals surface area contributed by atoms with E-state index in [1.807, 2.05) is 0 Å². The number of phosphoric acid groups is 2. The number of ether oxygens (including phenoxy) is 4. The number of esters is 4. The molecule has 0 aliphatic heterocycles. The minimum atomic E-state index is -4.96. The maximum Gasteiger partial charge on any atom is 0.472 e. The number of unbranched alkanes of at least 4 members (excludes halogenated alkanes) is 41. The van der Waals surface area contributed by atoms with Gasteiger partial charge in [-0.2, -0.15) is 0 Å². The van der Waals surface area contributed by atoms with Crippen molar-refractivity contribution in [2.24, 2.45) is 23.7 Å². The van der Waals surface area contributed by atoms with Crippen molar-refractivity contribution in [1.29, 1.82) is 0 Å². The molecule has 0 aromatic heterocycles. The van der Waals surface area contributed by atoms with Crippen LogP contribution in [0.5, 0.6) is 0 Å². The van der Waals surface area contributed by atoms with E-state index in [0.717, 1.165) is 114 Å². The van der Waals surface area contributed by atoms with E-state index >= 15 is 0 Å². The Morgan fingerprint density at radius 3 is 0.717 bits per heavy atom. The molecule has 0 aromatic carbocycles. The Kier molecular flexibility index (Phi) is 67.8. The summed E-state index contributed by atoms with van der Waals surface area (Å²) in [7, 11) is -9.92.